The van der Waals surface area contributed by atoms with Crippen molar-refractivity contribution < 1.29 is 14.3 Å². The minimum Gasteiger partial charge on any atom is -0.376 e. The van der Waals surface area contributed by atoms with Gasteiger partial charge in [-0.1, -0.05) is 26.0 Å². The smallest absolute Gasteiger partial charge is 0.252 e. The van der Waals surface area contributed by atoms with E-state index in [4.69, 9.17) is 9.47 Å². The van der Waals surface area contributed by atoms with Crippen molar-refractivity contribution in [3.63, 3.8) is 0 Å². The average Bonchev–Trinajstić information content (AvgIpc) is 2.48. The zero-order valence-corrected chi connectivity index (χ0v) is 13.6. The highest BCUT2D eigenvalue weighted by molar-refractivity contribution is 7.99. The molecule has 5 heteroatoms. The number of carbonyl (C=O) groups is 1. The Bertz CT molecular complexity index is 455. The van der Waals surface area contributed by atoms with E-state index >= 15 is 0 Å². The van der Waals surface area contributed by atoms with Crippen LogP contribution in [0.1, 0.15) is 32.4 Å². The predicted octanol–water partition coefficient (Wildman–Crippen LogP) is 2.78. The minimum absolute atomic E-state index is 0.0406. The van der Waals surface area contributed by atoms with Crippen LogP contribution in [0.4, 0.5) is 0 Å². The quantitative estimate of drug-likeness (QED) is 0.850. The first-order valence-electron chi connectivity index (χ1n) is 7.32. The molecule has 21 heavy (non-hydrogen) atoms. The molecule has 1 N–H and O–H groups in total. The highest BCUT2D eigenvalue weighted by Gasteiger charge is 2.24. The number of thioether (sulfide) groups is 1. The van der Waals surface area contributed by atoms with Crippen LogP contribution >= 0.6 is 11.8 Å². The van der Waals surface area contributed by atoms with Gasteiger partial charge in [-0.25, -0.2) is 0 Å². The third kappa shape index (κ3) is 5.02. The van der Waals surface area contributed by atoms with E-state index in [1.54, 1.807) is 0 Å². The number of nitrogens with one attached hydrogen (secondary N) is 1. The van der Waals surface area contributed by atoms with Crippen LogP contribution in [0.5, 0.6) is 0 Å². The van der Waals surface area contributed by atoms with Gasteiger partial charge in [0.1, 0.15) is 0 Å². The van der Waals surface area contributed by atoms with Crippen LogP contribution in [0.2, 0.25) is 0 Å². The molecule has 1 saturated heterocycles. The summed E-state index contributed by atoms with van der Waals surface area (Å²) >= 11 is 1.83. The van der Waals surface area contributed by atoms with Crippen LogP contribution in [0, 0.1) is 0 Å². The maximum absolute atomic E-state index is 12.1. The molecule has 0 unspecified atom stereocenters. The number of ether oxygens (including phenoxy) is 2. The molecule has 4 nitrogen and oxygen atoms in total. The summed E-state index contributed by atoms with van der Waals surface area (Å²) in [6.45, 7) is 7.71. The Kier molecular flexibility index (Phi) is 6.08. The Morgan fingerprint density at radius 2 is 1.95 bits per heavy atom. The molecule has 1 amide bonds. The van der Waals surface area contributed by atoms with Crippen molar-refractivity contribution in [3.8, 4) is 0 Å². The zero-order valence-electron chi connectivity index (χ0n) is 12.8. The summed E-state index contributed by atoms with van der Waals surface area (Å²) in [5.41, 5.74) is 1.09. The van der Waals surface area contributed by atoms with E-state index in [1.807, 2.05) is 18.7 Å². The second-order valence-corrected chi connectivity index (χ2v) is 7.05. The number of amides is 1. The number of benzene rings is 1. The second-order valence-electron chi connectivity index (χ2n) is 5.40. The first-order valence-corrected chi connectivity index (χ1v) is 8.20. The molecular formula is C16H23NO3S. The molecule has 1 fully saturated rings. The Labute approximate surface area is 130 Å². The highest BCUT2D eigenvalue weighted by Crippen LogP contribution is 2.24. The molecule has 2 atom stereocenters. The third-order valence-electron chi connectivity index (χ3n) is 3.22. The van der Waals surface area contributed by atoms with Gasteiger partial charge in [-0.2, -0.15) is 0 Å². The lowest BCUT2D eigenvalue weighted by Crippen LogP contribution is -2.43. The minimum atomic E-state index is -0.489. The van der Waals surface area contributed by atoms with E-state index in [9.17, 15) is 4.79 Å². The maximum Gasteiger partial charge on any atom is 0.252 e. The largest absolute Gasteiger partial charge is 0.376 e. The number of hydrogen-bond acceptors (Lipinski definition) is 4. The molecule has 1 heterocycles. The summed E-state index contributed by atoms with van der Waals surface area (Å²) < 4.78 is 10.7. The Morgan fingerprint density at radius 1 is 1.24 bits per heavy atom. The van der Waals surface area contributed by atoms with E-state index in [1.165, 1.54) is 4.90 Å². The van der Waals surface area contributed by atoms with Crippen LogP contribution < -0.4 is 5.32 Å². The van der Waals surface area contributed by atoms with Gasteiger partial charge in [0.15, 0.2) is 6.10 Å². The first kappa shape index (κ1) is 16.3. The molecule has 1 aromatic rings. The second kappa shape index (κ2) is 7.82. The predicted molar refractivity (Wildman–Crippen MR) is 84.6 cm³/mol. The molecule has 0 bridgehead atoms. The van der Waals surface area contributed by atoms with E-state index in [0.29, 0.717) is 25.1 Å². The molecule has 0 radical (unpaired) electrons. The normalized spacial score (nSPS) is 20.3. The standard InChI is InChI=1S/C16H23NO3S/c1-11(2)21-14-6-4-13(5-7-14)12(3)17-16(18)15-10-19-8-9-20-15/h4-7,11-12,15H,8-10H2,1-3H3,(H,17,18)/t12-,15+/m1/s1. The Balaban J connectivity index is 1.90. The van der Waals surface area contributed by atoms with Gasteiger partial charge < -0.3 is 14.8 Å². The summed E-state index contributed by atoms with van der Waals surface area (Å²) in [6.07, 6.45) is -0.489. The van der Waals surface area contributed by atoms with E-state index in [2.05, 4.69) is 43.4 Å². The van der Waals surface area contributed by atoms with Gasteiger partial charge in [0.05, 0.1) is 25.9 Å². The lowest BCUT2D eigenvalue weighted by molar-refractivity contribution is -0.148. The average molecular weight is 309 g/mol. The summed E-state index contributed by atoms with van der Waals surface area (Å²) in [4.78, 5) is 13.3. The lowest BCUT2D eigenvalue weighted by atomic mass is 10.1. The van der Waals surface area contributed by atoms with Gasteiger partial charge in [-0.15, -0.1) is 11.8 Å². The van der Waals surface area contributed by atoms with E-state index in [0.717, 1.165) is 5.56 Å². The number of rotatable bonds is 5. The van der Waals surface area contributed by atoms with Crippen LogP contribution in [-0.4, -0.2) is 37.1 Å². The SMILES string of the molecule is CC(C)Sc1ccc([C@@H](C)NC(=O)[C@@H]2COCCO2)cc1. The van der Waals surface area contributed by atoms with Crippen molar-refractivity contribution in [2.75, 3.05) is 19.8 Å². The molecule has 1 aliphatic rings. The van der Waals surface area contributed by atoms with Crippen molar-refractivity contribution in [2.24, 2.45) is 0 Å². The fourth-order valence-electron chi connectivity index (χ4n) is 2.14. The van der Waals surface area contributed by atoms with Crippen molar-refractivity contribution in [1.82, 2.24) is 5.32 Å². The zero-order chi connectivity index (χ0) is 15.2. The van der Waals surface area contributed by atoms with E-state index < -0.39 is 6.10 Å². The monoisotopic (exact) mass is 309 g/mol. The van der Waals surface area contributed by atoms with Crippen molar-refractivity contribution >= 4 is 17.7 Å². The molecule has 0 aromatic heterocycles. The first-order chi connectivity index (χ1) is 10.1. The molecule has 1 aliphatic heterocycles. The lowest BCUT2D eigenvalue weighted by Gasteiger charge is -2.24. The topological polar surface area (TPSA) is 47.6 Å². The summed E-state index contributed by atoms with van der Waals surface area (Å²) in [7, 11) is 0. The van der Waals surface area contributed by atoms with Crippen molar-refractivity contribution in [2.45, 2.75) is 43.1 Å². The molecular weight excluding hydrogens is 286 g/mol. The molecule has 0 aliphatic carbocycles. The molecule has 1 aromatic carbocycles. The number of hydrogen-bond donors (Lipinski definition) is 1. The molecule has 116 valence electrons. The highest BCUT2D eigenvalue weighted by atomic mass is 32.2. The number of carbonyl (C=O) groups excluding carboxylic acids is 1. The summed E-state index contributed by atoms with van der Waals surface area (Å²) in [5, 5.41) is 3.54. The Morgan fingerprint density at radius 3 is 2.52 bits per heavy atom. The van der Waals surface area contributed by atoms with Gasteiger partial charge in [0.2, 0.25) is 0 Å². The molecule has 2 rings (SSSR count). The van der Waals surface area contributed by atoms with Gasteiger partial charge in [0.25, 0.3) is 5.91 Å². The summed E-state index contributed by atoms with van der Waals surface area (Å²) in [6, 6.07) is 8.29. The van der Waals surface area contributed by atoms with Crippen LogP contribution in [0.25, 0.3) is 0 Å². The van der Waals surface area contributed by atoms with Crippen molar-refractivity contribution in [3.05, 3.63) is 29.8 Å². The van der Waals surface area contributed by atoms with Gasteiger partial charge in [-0.05, 0) is 24.6 Å². The fraction of sp³-hybridized carbons (Fsp3) is 0.562. The third-order valence-corrected chi connectivity index (χ3v) is 4.23. The fourth-order valence-corrected chi connectivity index (χ4v) is 2.97. The summed E-state index contributed by atoms with van der Waals surface area (Å²) in [5.74, 6) is -0.108. The van der Waals surface area contributed by atoms with Crippen LogP contribution in [0.15, 0.2) is 29.2 Å². The Hall–Kier alpha value is -1.04. The molecule has 0 spiro atoms. The van der Waals surface area contributed by atoms with Gasteiger partial charge >= 0.3 is 0 Å². The van der Waals surface area contributed by atoms with Crippen LogP contribution in [-0.2, 0) is 14.3 Å². The van der Waals surface area contributed by atoms with E-state index in [-0.39, 0.29) is 11.9 Å². The van der Waals surface area contributed by atoms with Crippen LogP contribution in [0.3, 0.4) is 0 Å². The van der Waals surface area contributed by atoms with Gasteiger partial charge in [-0.3, -0.25) is 4.79 Å². The maximum atomic E-state index is 12.1. The van der Waals surface area contributed by atoms with Gasteiger partial charge in [0, 0.05) is 10.1 Å². The molecule has 0 saturated carbocycles. The van der Waals surface area contributed by atoms with Crippen molar-refractivity contribution in [1.29, 1.82) is 0 Å².